The van der Waals surface area contributed by atoms with Crippen LogP contribution in [0.2, 0.25) is 0 Å². The van der Waals surface area contributed by atoms with Gasteiger partial charge in [0.05, 0.1) is 5.92 Å². The first kappa shape index (κ1) is 23.3. The van der Waals surface area contributed by atoms with Crippen molar-refractivity contribution in [2.75, 3.05) is 18.0 Å². The van der Waals surface area contributed by atoms with Gasteiger partial charge in [-0.2, -0.15) is 5.10 Å². The summed E-state index contributed by atoms with van der Waals surface area (Å²) in [6, 6.07) is 14.7. The minimum Gasteiger partial charge on any atom is -0.352 e. The number of rotatable bonds is 7. The Morgan fingerprint density at radius 2 is 1.97 bits per heavy atom. The topological polar surface area (TPSA) is 106 Å². The van der Waals surface area contributed by atoms with Gasteiger partial charge >= 0.3 is 0 Å². The average molecular weight is 482 g/mol. The molecule has 5 rings (SSSR count). The van der Waals surface area contributed by atoms with Crippen LogP contribution in [-0.4, -0.2) is 49.6 Å². The van der Waals surface area contributed by atoms with Crippen molar-refractivity contribution < 1.29 is 9.59 Å². The molecule has 0 saturated heterocycles. The second kappa shape index (κ2) is 10.1. The fourth-order valence-electron chi connectivity index (χ4n) is 4.31. The molecule has 4 heterocycles. The van der Waals surface area contributed by atoms with E-state index in [1.165, 1.54) is 0 Å². The van der Waals surface area contributed by atoms with Crippen molar-refractivity contribution in [3.63, 3.8) is 0 Å². The lowest BCUT2D eigenvalue weighted by molar-refractivity contribution is 0.0952. The number of pyridine rings is 2. The number of amides is 2. The zero-order chi connectivity index (χ0) is 25.1. The Morgan fingerprint density at radius 3 is 2.69 bits per heavy atom. The Kier molecular flexibility index (Phi) is 6.53. The molecule has 1 aliphatic heterocycles. The molecule has 0 bridgehead atoms. The summed E-state index contributed by atoms with van der Waals surface area (Å²) in [4.78, 5) is 40.9. The maximum Gasteiger partial charge on any atom is 0.276 e. The number of carbonyl (C=O) groups is 2. The van der Waals surface area contributed by atoms with Crippen molar-refractivity contribution in [2.24, 2.45) is 0 Å². The van der Waals surface area contributed by atoms with E-state index < -0.39 is 0 Å². The molecule has 1 atom stereocenters. The lowest BCUT2D eigenvalue weighted by atomic mass is 9.98. The Labute approximate surface area is 209 Å². The summed E-state index contributed by atoms with van der Waals surface area (Å²) >= 11 is 0. The van der Waals surface area contributed by atoms with Crippen LogP contribution in [0.15, 0.2) is 73.4 Å². The average Bonchev–Trinajstić information content (AvgIpc) is 3.54. The number of hydrogen-bond donors (Lipinski definition) is 1. The monoisotopic (exact) mass is 481 g/mol. The minimum atomic E-state index is -0.254. The predicted molar refractivity (Wildman–Crippen MR) is 135 cm³/mol. The van der Waals surface area contributed by atoms with Crippen molar-refractivity contribution in [1.82, 2.24) is 30.0 Å². The van der Waals surface area contributed by atoms with E-state index in [0.29, 0.717) is 36.6 Å². The van der Waals surface area contributed by atoms with Crippen molar-refractivity contribution in [2.45, 2.75) is 32.2 Å². The Bertz CT molecular complexity index is 1370. The van der Waals surface area contributed by atoms with E-state index in [-0.39, 0.29) is 23.8 Å². The highest BCUT2D eigenvalue weighted by atomic mass is 16.2. The zero-order valence-corrected chi connectivity index (χ0v) is 20.2. The van der Waals surface area contributed by atoms with Gasteiger partial charge in [0.25, 0.3) is 11.8 Å². The molecule has 0 spiro atoms. The summed E-state index contributed by atoms with van der Waals surface area (Å²) in [5, 5.41) is 7.64. The number of aromatic nitrogens is 5. The van der Waals surface area contributed by atoms with Gasteiger partial charge in [0.2, 0.25) is 0 Å². The Balaban J connectivity index is 1.42. The summed E-state index contributed by atoms with van der Waals surface area (Å²) in [7, 11) is 0. The molecule has 0 unspecified atom stereocenters. The second-order valence-electron chi connectivity index (χ2n) is 9.00. The smallest absolute Gasteiger partial charge is 0.276 e. The minimum absolute atomic E-state index is 0.162. The van der Waals surface area contributed by atoms with Crippen LogP contribution < -0.4 is 10.2 Å². The number of carbonyl (C=O) groups excluding carboxylic acids is 2. The molecular formula is C27H27N7O2. The summed E-state index contributed by atoms with van der Waals surface area (Å²) in [5.41, 5.74) is 3.54. The van der Waals surface area contributed by atoms with Crippen LogP contribution in [0.1, 0.15) is 63.6 Å². The first-order valence-corrected chi connectivity index (χ1v) is 12.0. The van der Waals surface area contributed by atoms with E-state index in [2.05, 4.69) is 25.4 Å². The van der Waals surface area contributed by atoms with Crippen LogP contribution in [0.25, 0.3) is 0 Å². The van der Waals surface area contributed by atoms with Gasteiger partial charge in [-0.3, -0.25) is 24.2 Å². The number of nitrogens with zero attached hydrogens (tertiary/aromatic N) is 6. The third kappa shape index (κ3) is 4.72. The van der Waals surface area contributed by atoms with Crippen molar-refractivity contribution in [1.29, 1.82) is 0 Å². The molecular weight excluding hydrogens is 454 g/mol. The van der Waals surface area contributed by atoms with Crippen LogP contribution >= 0.6 is 0 Å². The molecule has 9 heteroatoms. The van der Waals surface area contributed by atoms with Crippen molar-refractivity contribution in [3.05, 3.63) is 102 Å². The number of nitrogens with one attached hydrogen (secondary N) is 1. The van der Waals surface area contributed by atoms with E-state index in [4.69, 9.17) is 0 Å². The number of benzene rings is 1. The van der Waals surface area contributed by atoms with Crippen LogP contribution in [0.5, 0.6) is 0 Å². The lowest BCUT2D eigenvalue weighted by Crippen LogP contribution is -2.30. The summed E-state index contributed by atoms with van der Waals surface area (Å²) in [6.45, 7) is 4.94. The molecule has 0 fully saturated rings. The van der Waals surface area contributed by atoms with E-state index in [1.807, 2.05) is 38.1 Å². The lowest BCUT2D eigenvalue weighted by Gasteiger charge is -2.17. The van der Waals surface area contributed by atoms with E-state index in [9.17, 15) is 9.59 Å². The molecule has 1 aromatic carbocycles. The molecule has 0 aliphatic carbocycles. The molecule has 9 nitrogen and oxygen atoms in total. The first-order chi connectivity index (χ1) is 17.5. The van der Waals surface area contributed by atoms with Gasteiger partial charge < -0.3 is 10.2 Å². The molecule has 0 saturated carbocycles. The highest BCUT2D eigenvalue weighted by molar-refractivity contribution is 6.07. The van der Waals surface area contributed by atoms with Crippen molar-refractivity contribution >= 4 is 17.5 Å². The zero-order valence-electron chi connectivity index (χ0n) is 20.2. The van der Waals surface area contributed by atoms with Crippen LogP contribution in [0, 0.1) is 0 Å². The summed E-state index contributed by atoms with van der Waals surface area (Å²) in [5.74, 6) is -0.00172. The number of hydrogen-bond acceptors (Lipinski definition) is 6. The van der Waals surface area contributed by atoms with Crippen LogP contribution in [-0.2, 0) is 6.42 Å². The van der Waals surface area contributed by atoms with Crippen LogP contribution in [0.4, 0.5) is 5.69 Å². The van der Waals surface area contributed by atoms with Gasteiger partial charge in [-0.1, -0.05) is 12.1 Å². The first-order valence-electron chi connectivity index (χ1n) is 12.0. The normalized spacial score (nSPS) is 14.6. The van der Waals surface area contributed by atoms with Crippen LogP contribution in [0.3, 0.4) is 0 Å². The van der Waals surface area contributed by atoms with Gasteiger partial charge in [0.15, 0.2) is 5.82 Å². The van der Waals surface area contributed by atoms with Gasteiger partial charge in [0, 0.05) is 49.0 Å². The number of anilines is 1. The Morgan fingerprint density at radius 1 is 1.08 bits per heavy atom. The maximum atomic E-state index is 13.3. The highest BCUT2D eigenvalue weighted by Gasteiger charge is 2.37. The Hall–Kier alpha value is -4.40. The predicted octanol–water partition coefficient (Wildman–Crippen LogP) is 3.41. The molecule has 182 valence electrons. The van der Waals surface area contributed by atoms with E-state index in [1.54, 1.807) is 58.8 Å². The van der Waals surface area contributed by atoms with Crippen molar-refractivity contribution in [3.8, 4) is 0 Å². The van der Waals surface area contributed by atoms with Gasteiger partial charge in [0.1, 0.15) is 12.0 Å². The SMILES string of the molecule is CC(C)n1cnc([C@H]2CN(C(=O)c3ccccn3)c3ccc(C(=O)NCCc4cccnc4)cc32)n1. The summed E-state index contributed by atoms with van der Waals surface area (Å²) < 4.78 is 1.80. The fourth-order valence-corrected chi connectivity index (χ4v) is 4.31. The molecule has 36 heavy (non-hydrogen) atoms. The highest BCUT2D eigenvalue weighted by Crippen LogP contribution is 2.40. The van der Waals surface area contributed by atoms with E-state index in [0.717, 1.165) is 16.8 Å². The molecule has 1 N–H and O–H groups in total. The van der Waals surface area contributed by atoms with Gasteiger partial charge in [-0.25, -0.2) is 4.98 Å². The van der Waals surface area contributed by atoms with Gasteiger partial charge in [-0.05, 0) is 67.8 Å². The molecule has 0 radical (unpaired) electrons. The largest absolute Gasteiger partial charge is 0.352 e. The van der Waals surface area contributed by atoms with E-state index >= 15 is 0 Å². The quantitative estimate of drug-likeness (QED) is 0.434. The maximum absolute atomic E-state index is 13.3. The third-order valence-electron chi connectivity index (χ3n) is 6.24. The van der Waals surface area contributed by atoms with Gasteiger partial charge in [-0.15, -0.1) is 0 Å². The standard InChI is InChI=1S/C27H27N7O2/c1-18(2)34-17-31-25(32-34)22-16-33(27(36)23-7-3-4-12-29-23)24-9-8-20(14-21(22)24)26(35)30-13-10-19-6-5-11-28-15-19/h3-9,11-12,14-15,17-18,22H,10,13,16H2,1-2H3,(H,30,35)/t22-/m0/s1. The number of fused-ring (bicyclic) bond motifs is 1. The molecule has 2 amide bonds. The second-order valence-corrected chi connectivity index (χ2v) is 9.00. The third-order valence-corrected chi connectivity index (χ3v) is 6.24. The fraction of sp³-hybridized carbons (Fsp3) is 0.259. The summed E-state index contributed by atoms with van der Waals surface area (Å²) in [6.07, 6.45) is 7.52. The molecule has 1 aliphatic rings. The molecule has 4 aromatic rings. The molecule has 3 aromatic heterocycles.